The van der Waals surface area contributed by atoms with E-state index in [1.807, 2.05) is 13.0 Å². The molecule has 0 unspecified atom stereocenters. The van der Waals surface area contributed by atoms with Crippen LogP contribution in [0.25, 0.3) is 22.2 Å². The quantitative estimate of drug-likeness (QED) is 0.257. The number of rotatable bonds is 5. The molecule has 6 atom stereocenters. The van der Waals surface area contributed by atoms with Gasteiger partial charge in [-0.15, -0.1) is 5.10 Å². The zero-order valence-electron chi connectivity index (χ0n) is 22.1. The molecule has 4 aromatic rings. The Morgan fingerprint density at radius 3 is 2.69 bits per heavy atom. The van der Waals surface area contributed by atoms with Crippen LogP contribution in [0.1, 0.15) is 28.4 Å². The third-order valence-corrected chi connectivity index (χ3v) is 7.71. The SMILES string of the molecule is Cc1cc(C(=O)N[C@@H]2CCO[C@]23O[C@H](CO)[C@H](O)[C@H](n2cc(-c4cc(F)c(F)c(F)c4)nn2)[C@H]3O)c2cccnc2c1. The smallest absolute Gasteiger partial charge is 0.252 e. The van der Waals surface area contributed by atoms with Crippen molar-refractivity contribution < 1.29 is 42.8 Å². The number of aryl methyl sites for hydroxylation is 1. The molecule has 2 aromatic carbocycles. The topological polar surface area (TPSA) is 152 Å². The van der Waals surface area contributed by atoms with Gasteiger partial charge in [-0.05, 0) is 49.2 Å². The van der Waals surface area contributed by atoms with Crippen LogP contribution >= 0.6 is 0 Å². The molecular formula is C28H26F3N5O6. The molecule has 0 bridgehead atoms. The summed E-state index contributed by atoms with van der Waals surface area (Å²) in [5, 5.41) is 44.0. The van der Waals surface area contributed by atoms with Crippen molar-refractivity contribution in [2.75, 3.05) is 13.2 Å². The van der Waals surface area contributed by atoms with Gasteiger partial charge in [-0.2, -0.15) is 0 Å². The first-order chi connectivity index (χ1) is 20.1. The zero-order valence-corrected chi connectivity index (χ0v) is 22.1. The molecule has 11 nitrogen and oxygen atoms in total. The van der Waals surface area contributed by atoms with E-state index in [0.717, 1.165) is 22.4 Å². The standard InChI is InChI=1S/C28H26F3N5O6/c1-13-7-16(15-3-2-5-32-19(15)8-13)27(40)33-22-4-6-41-28(22)26(39)24(25(38)21(12-37)42-28)36-11-20(34-35-36)14-9-17(29)23(31)18(30)10-14/h2-3,5,7-11,21-22,24-26,37-39H,4,6,12H2,1H3,(H,33,40)/t21-,22-,24+,25+,26-,28+/m1/s1. The van der Waals surface area contributed by atoms with Gasteiger partial charge in [0.15, 0.2) is 17.5 Å². The van der Waals surface area contributed by atoms with E-state index in [9.17, 15) is 33.3 Å². The van der Waals surface area contributed by atoms with Crippen molar-refractivity contribution in [3.8, 4) is 11.3 Å². The number of pyridine rings is 1. The predicted molar refractivity (Wildman–Crippen MR) is 139 cm³/mol. The van der Waals surface area contributed by atoms with Crippen LogP contribution < -0.4 is 5.32 Å². The Morgan fingerprint density at radius 1 is 1.19 bits per heavy atom. The Morgan fingerprint density at radius 2 is 1.95 bits per heavy atom. The minimum Gasteiger partial charge on any atom is -0.394 e. The van der Waals surface area contributed by atoms with Crippen LogP contribution in [-0.2, 0) is 9.47 Å². The van der Waals surface area contributed by atoms with Crippen molar-refractivity contribution in [3.63, 3.8) is 0 Å². The first-order valence-corrected chi connectivity index (χ1v) is 13.1. The summed E-state index contributed by atoms with van der Waals surface area (Å²) in [6, 6.07) is 6.23. The molecule has 0 saturated carbocycles. The second kappa shape index (κ2) is 10.7. The van der Waals surface area contributed by atoms with Gasteiger partial charge in [-0.3, -0.25) is 9.78 Å². The lowest BCUT2D eigenvalue weighted by Crippen LogP contribution is -2.69. The highest BCUT2D eigenvalue weighted by Gasteiger charge is 2.62. The second-order valence-electron chi connectivity index (χ2n) is 10.4. The molecule has 14 heteroatoms. The number of ether oxygens (including phenoxy) is 2. The van der Waals surface area contributed by atoms with Crippen LogP contribution in [0.5, 0.6) is 0 Å². The largest absolute Gasteiger partial charge is 0.394 e. The van der Waals surface area contributed by atoms with Crippen LogP contribution in [0, 0.1) is 24.4 Å². The summed E-state index contributed by atoms with van der Waals surface area (Å²) < 4.78 is 54.0. The minimum absolute atomic E-state index is 0.0653. The number of amides is 1. The van der Waals surface area contributed by atoms with Gasteiger partial charge in [0.25, 0.3) is 5.91 Å². The average molecular weight is 586 g/mol. The molecule has 220 valence electrons. The molecule has 1 amide bonds. The average Bonchev–Trinajstić information content (AvgIpc) is 3.61. The van der Waals surface area contributed by atoms with Crippen LogP contribution in [0.3, 0.4) is 0 Å². The molecule has 2 fully saturated rings. The van der Waals surface area contributed by atoms with Crippen molar-refractivity contribution in [1.29, 1.82) is 0 Å². The van der Waals surface area contributed by atoms with E-state index >= 15 is 0 Å². The van der Waals surface area contributed by atoms with Gasteiger partial charge in [0, 0.05) is 22.7 Å². The maximum atomic E-state index is 13.8. The number of fused-ring (bicyclic) bond motifs is 1. The number of carbonyl (C=O) groups excluding carboxylic acids is 1. The molecule has 2 aromatic heterocycles. The van der Waals surface area contributed by atoms with E-state index in [2.05, 4.69) is 20.6 Å². The van der Waals surface area contributed by atoms with Crippen molar-refractivity contribution in [3.05, 3.63) is 77.4 Å². The highest BCUT2D eigenvalue weighted by molar-refractivity contribution is 6.06. The molecule has 0 radical (unpaired) electrons. The maximum Gasteiger partial charge on any atom is 0.252 e. The minimum atomic E-state index is -1.91. The van der Waals surface area contributed by atoms with E-state index in [-0.39, 0.29) is 24.3 Å². The second-order valence-corrected chi connectivity index (χ2v) is 10.4. The van der Waals surface area contributed by atoms with Crippen molar-refractivity contribution in [1.82, 2.24) is 25.3 Å². The number of benzene rings is 2. The molecule has 0 aliphatic carbocycles. The van der Waals surface area contributed by atoms with Gasteiger partial charge >= 0.3 is 0 Å². The Bertz CT molecular complexity index is 1650. The lowest BCUT2D eigenvalue weighted by Gasteiger charge is -2.49. The van der Waals surface area contributed by atoms with Crippen LogP contribution in [0.4, 0.5) is 13.2 Å². The lowest BCUT2D eigenvalue weighted by atomic mass is 9.86. The van der Waals surface area contributed by atoms with E-state index in [1.165, 1.54) is 6.20 Å². The molecule has 4 N–H and O–H groups in total. The molecule has 4 heterocycles. The number of carbonyl (C=O) groups is 1. The molecule has 2 aliphatic heterocycles. The van der Waals surface area contributed by atoms with Crippen LogP contribution in [0.15, 0.2) is 48.8 Å². The summed E-state index contributed by atoms with van der Waals surface area (Å²) >= 11 is 0. The summed E-state index contributed by atoms with van der Waals surface area (Å²) in [6.07, 6.45) is -1.45. The van der Waals surface area contributed by atoms with Gasteiger partial charge in [0.1, 0.15) is 30.0 Å². The Kier molecular flexibility index (Phi) is 7.19. The third-order valence-electron chi connectivity index (χ3n) is 7.71. The Balaban J connectivity index is 1.33. The Hall–Kier alpha value is -3.95. The molecular weight excluding hydrogens is 559 g/mol. The first kappa shape index (κ1) is 28.2. The van der Waals surface area contributed by atoms with Gasteiger partial charge in [-0.25, -0.2) is 17.9 Å². The first-order valence-electron chi connectivity index (χ1n) is 13.1. The normalized spacial score (nSPS) is 27.5. The van der Waals surface area contributed by atoms with Gasteiger partial charge in [0.2, 0.25) is 5.79 Å². The van der Waals surface area contributed by atoms with Crippen molar-refractivity contribution in [2.24, 2.45) is 0 Å². The van der Waals surface area contributed by atoms with Crippen molar-refractivity contribution >= 4 is 16.8 Å². The number of hydrogen-bond acceptors (Lipinski definition) is 9. The van der Waals surface area contributed by atoms with E-state index in [1.54, 1.807) is 24.4 Å². The number of halogens is 3. The van der Waals surface area contributed by atoms with Gasteiger partial charge in [0.05, 0.1) is 31.0 Å². The molecule has 6 rings (SSSR count). The van der Waals surface area contributed by atoms with Gasteiger partial charge < -0.3 is 30.1 Å². The van der Waals surface area contributed by atoms with E-state index in [0.29, 0.717) is 16.5 Å². The number of aliphatic hydroxyl groups excluding tert-OH is 3. The highest BCUT2D eigenvalue weighted by Crippen LogP contribution is 2.43. The number of nitrogens with one attached hydrogen (secondary N) is 1. The van der Waals surface area contributed by atoms with Gasteiger partial charge in [-0.1, -0.05) is 11.3 Å². The summed E-state index contributed by atoms with van der Waals surface area (Å²) in [5.41, 5.74) is 1.57. The van der Waals surface area contributed by atoms with Crippen molar-refractivity contribution in [2.45, 2.75) is 49.5 Å². The predicted octanol–water partition coefficient (Wildman–Crippen LogP) is 1.79. The monoisotopic (exact) mass is 585 g/mol. The fraction of sp³-hybridized carbons (Fsp3) is 0.357. The van der Waals surface area contributed by atoms with Crippen LogP contribution in [-0.4, -0.2) is 84.6 Å². The fourth-order valence-corrected chi connectivity index (χ4v) is 5.69. The number of aromatic nitrogens is 4. The molecule has 2 saturated heterocycles. The summed E-state index contributed by atoms with van der Waals surface area (Å²) in [5.74, 6) is -6.89. The number of hydrogen-bond donors (Lipinski definition) is 4. The number of aliphatic hydroxyl groups is 3. The summed E-state index contributed by atoms with van der Waals surface area (Å²) in [6.45, 7) is 1.22. The van der Waals surface area contributed by atoms with Crippen LogP contribution in [0.2, 0.25) is 0 Å². The lowest BCUT2D eigenvalue weighted by molar-refractivity contribution is -0.344. The maximum absolute atomic E-state index is 13.8. The molecule has 2 aliphatic rings. The molecule has 1 spiro atoms. The van der Waals surface area contributed by atoms with E-state index in [4.69, 9.17) is 9.47 Å². The van der Waals surface area contributed by atoms with E-state index < -0.39 is 66.1 Å². The number of nitrogens with zero attached hydrogens (tertiary/aromatic N) is 4. The highest BCUT2D eigenvalue weighted by atomic mass is 19.2. The summed E-state index contributed by atoms with van der Waals surface area (Å²) in [4.78, 5) is 17.9. The third kappa shape index (κ3) is 4.61. The Labute approximate surface area is 236 Å². The zero-order chi connectivity index (χ0) is 29.8. The molecule has 42 heavy (non-hydrogen) atoms. The summed E-state index contributed by atoms with van der Waals surface area (Å²) in [7, 11) is 0. The fourth-order valence-electron chi connectivity index (χ4n) is 5.69.